The number of rotatable bonds is 8. The smallest absolute Gasteiger partial charge is 0.191 e. The molecule has 8 nitrogen and oxygen atoms in total. The topological polar surface area (TPSA) is 79.6 Å². The molecule has 0 atom stereocenters. The third-order valence-corrected chi connectivity index (χ3v) is 5.59. The van der Waals surface area contributed by atoms with E-state index in [1.54, 1.807) is 0 Å². The molecule has 1 fully saturated rings. The van der Waals surface area contributed by atoms with Gasteiger partial charge in [-0.15, -0.1) is 34.2 Å². The van der Waals surface area contributed by atoms with Crippen LogP contribution in [-0.4, -0.2) is 82.1 Å². The second-order valence-electron chi connectivity index (χ2n) is 7.66. The van der Waals surface area contributed by atoms with E-state index in [0.717, 1.165) is 69.3 Å². The molecule has 1 aromatic heterocycles. The van der Waals surface area contributed by atoms with Gasteiger partial charge in [0, 0.05) is 50.3 Å². The molecule has 1 aromatic rings. The van der Waals surface area contributed by atoms with Gasteiger partial charge in [-0.05, 0) is 6.92 Å². The first-order chi connectivity index (χ1) is 12.8. The van der Waals surface area contributed by atoms with Crippen molar-refractivity contribution in [3.63, 3.8) is 0 Å². The Labute approximate surface area is 190 Å². The first-order valence-electron chi connectivity index (χ1n) is 9.66. The maximum atomic E-state index is 5.41. The molecular weight excluding hydrogens is 489 g/mol. The summed E-state index contributed by atoms with van der Waals surface area (Å²) in [5.74, 6) is 3.64. The largest absolute Gasteiger partial charge is 0.379 e. The fraction of sp³-hybridized carbons (Fsp3) is 0.833. The molecule has 0 radical (unpaired) electrons. The minimum absolute atomic E-state index is 0. The van der Waals surface area contributed by atoms with Gasteiger partial charge in [-0.3, -0.25) is 4.90 Å². The molecule has 0 unspecified atom stereocenters. The highest BCUT2D eigenvalue weighted by Gasteiger charge is 2.12. The zero-order valence-electron chi connectivity index (χ0n) is 17.8. The van der Waals surface area contributed by atoms with Gasteiger partial charge in [0.2, 0.25) is 0 Å². The summed E-state index contributed by atoms with van der Waals surface area (Å²) in [6.45, 7) is 15.6. The number of ether oxygens (including phenoxy) is 1. The van der Waals surface area contributed by atoms with Crippen molar-refractivity contribution in [1.29, 1.82) is 0 Å². The maximum absolute atomic E-state index is 5.41. The summed E-state index contributed by atoms with van der Waals surface area (Å²) < 4.78 is 7.66. The Morgan fingerprint density at radius 2 is 1.86 bits per heavy atom. The van der Waals surface area contributed by atoms with Gasteiger partial charge < -0.3 is 19.9 Å². The van der Waals surface area contributed by atoms with Gasteiger partial charge >= 0.3 is 0 Å². The predicted molar refractivity (Wildman–Crippen MR) is 128 cm³/mol. The van der Waals surface area contributed by atoms with E-state index in [1.165, 1.54) is 0 Å². The van der Waals surface area contributed by atoms with Gasteiger partial charge in [-0.25, -0.2) is 4.99 Å². The number of nitrogens with zero attached hydrogens (tertiary/aromatic N) is 5. The second-order valence-corrected chi connectivity index (χ2v) is 9.58. The highest BCUT2D eigenvalue weighted by Crippen LogP contribution is 2.21. The molecular formula is C18H36IN7OS. The number of hydrogen-bond donors (Lipinski definition) is 2. The molecule has 0 saturated carbocycles. The first-order valence-corrected chi connectivity index (χ1v) is 10.6. The number of morpholine rings is 1. The van der Waals surface area contributed by atoms with Crippen molar-refractivity contribution in [1.82, 2.24) is 30.3 Å². The first kappa shape index (κ1) is 25.4. The Kier molecular flexibility index (Phi) is 11.7. The van der Waals surface area contributed by atoms with E-state index in [1.807, 2.05) is 30.3 Å². The molecule has 162 valence electrons. The van der Waals surface area contributed by atoms with Crippen molar-refractivity contribution in [2.45, 2.75) is 39.0 Å². The Hall–Kier alpha value is -0.590. The summed E-state index contributed by atoms with van der Waals surface area (Å²) in [5, 5.41) is 15.2. The third-order valence-electron chi connectivity index (χ3n) is 4.32. The van der Waals surface area contributed by atoms with Crippen LogP contribution in [0.3, 0.4) is 0 Å². The normalized spacial score (nSPS) is 16.0. The number of thioether (sulfide) groups is 1. The van der Waals surface area contributed by atoms with Gasteiger partial charge in [-0.2, -0.15) is 11.8 Å². The molecule has 0 bridgehead atoms. The highest BCUT2D eigenvalue weighted by molar-refractivity contribution is 14.0. The van der Waals surface area contributed by atoms with Crippen LogP contribution in [0, 0.1) is 6.92 Å². The number of halogens is 1. The lowest BCUT2D eigenvalue weighted by Crippen LogP contribution is -2.45. The minimum Gasteiger partial charge on any atom is -0.379 e. The number of aliphatic imine (C=N–C) groups is 1. The molecule has 2 N–H and O–H groups in total. The Bertz CT molecular complexity index is 597. The van der Waals surface area contributed by atoms with E-state index >= 15 is 0 Å². The summed E-state index contributed by atoms with van der Waals surface area (Å²) >= 11 is 1.95. The van der Waals surface area contributed by atoms with Crippen LogP contribution in [0.15, 0.2) is 4.99 Å². The van der Waals surface area contributed by atoms with Crippen LogP contribution >= 0.6 is 35.7 Å². The Morgan fingerprint density at radius 1 is 1.18 bits per heavy atom. The number of hydrogen-bond acceptors (Lipinski definition) is 6. The lowest BCUT2D eigenvalue weighted by atomic mass is 10.3. The predicted octanol–water partition coefficient (Wildman–Crippen LogP) is 1.64. The number of aryl methyl sites for hydroxylation is 1. The maximum Gasteiger partial charge on any atom is 0.191 e. The summed E-state index contributed by atoms with van der Waals surface area (Å²) in [6.07, 6.45) is 0. The number of nitrogens with one attached hydrogen (secondary N) is 2. The molecule has 0 spiro atoms. The van der Waals surface area contributed by atoms with Crippen LogP contribution in [0.25, 0.3) is 0 Å². The fourth-order valence-corrected chi connectivity index (χ4v) is 3.41. The molecule has 2 heterocycles. The van der Waals surface area contributed by atoms with Gasteiger partial charge in [0.05, 0.1) is 13.2 Å². The van der Waals surface area contributed by atoms with Crippen LogP contribution < -0.4 is 10.6 Å². The van der Waals surface area contributed by atoms with Crippen molar-refractivity contribution in [3.8, 4) is 0 Å². The molecule has 2 rings (SSSR count). The Balaban J connectivity index is 0.00000392. The number of aromatic nitrogens is 3. The molecule has 1 saturated heterocycles. The van der Waals surface area contributed by atoms with E-state index in [9.17, 15) is 0 Å². The van der Waals surface area contributed by atoms with Crippen LogP contribution in [-0.2, 0) is 18.3 Å². The van der Waals surface area contributed by atoms with E-state index in [-0.39, 0.29) is 28.7 Å². The van der Waals surface area contributed by atoms with Crippen LogP contribution in [0.4, 0.5) is 0 Å². The SMILES string of the molecule is Cc1nnc(CN=C(NCCSC(C)(C)C)NCCN2CCOCC2)n1C.I. The van der Waals surface area contributed by atoms with E-state index in [2.05, 4.69) is 46.5 Å². The van der Waals surface area contributed by atoms with Crippen LogP contribution in [0.2, 0.25) is 0 Å². The van der Waals surface area contributed by atoms with E-state index in [0.29, 0.717) is 6.54 Å². The van der Waals surface area contributed by atoms with E-state index in [4.69, 9.17) is 9.73 Å². The van der Waals surface area contributed by atoms with Gasteiger partial charge in [0.25, 0.3) is 0 Å². The average Bonchev–Trinajstić information content (AvgIpc) is 2.94. The molecule has 0 amide bonds. The van der Waals surface area contributed by atoms with Crippen molar-refractivity contribution in [2.75, 3.05) is 51.7 Å². The van der Waals surface area contributed by atoms with Crippen molar-refractivity contribution in [2.24, 2.45) is 12.0 Å². The van der Waals surface area contributed by atoms with E-state index < -0.39 is 0 Å². The van der Waals surface area contributed by atoms with Crippen LogP contribution in [0.5, 0.6) is 0 Å². The number of guanidine groups is 1. The molecule has 28 heavy (non-hydrogen) atoms. The third kappa shape index (κ3) is 9.75. The average molecular weight is 526 g/mol. The van der Waals surface area contributed by atoms with Crippen molar-refractivity contribution < 1.29 is 4.74 Å². The summed E-state index contributed by atoms with van der Waals surface area (Å²) in [6, 6.07) is 0. The summed E-state index contributed by atoms with van der Waals surface area (Å²) in [5.41, 5.74) is 0. The zero-order chi connectivity index (χ0) is 19.7. The lowest BCUT2D eigenvalue weighted by Gasteiger charge is -2.26. The monoisotopic (exact) mass is 525 g/mol. The van der Waals surface area contributed by atoms with Crippen molar-refractivity contribution in [3.05, 3.63) is 11.6 Å². The fourth-order valence-electron chi connectivity index (χ4n) is 2.60. The zero-order valence-corrected chi connectivity index (χ0v) is 21.0. The van der Waals surface area contributed by atoms with Crippen molar-refractivity contribution >= 4 is 41.7 Å². The molecule has 10 heteroatoms. The van der Waals surface area contributed by atoms with Gasteiger partial charge in [0.15, 0.2) is 11.8 Å². The summed E-state index contributed by atoms with van der Waals surface area (Å²) in [4.78, 5) is 7.12. The molecule has 0 aliphatic carbocycles. The molecule has 0 aromatic carbocycles. The Morgan fingerprint density at radius 3 is 2.46 bits per heavy atom. The second kappa shape index (κ2) is 12.9. The lowest BCUT2D eigenvalue weighted by molar-refractivity contribution is 0.0389. The van der Waals surface area contributed by atoms with Crippen LogP contribution in [0.1, 0.15) is 32.4 Å². The highest BCUT2D eigenvalue weighted by atomic mass is 127. The molecule has 1 aliphatic rings. The summed E-state index contributed by atoms with van der Waals surface area (Å²) in [7, 11) is 1.97. The quantitative estimate of drug-likeness (QED) is 0.231. The van der Waals surface area contributed by atoms with Gasteiger partial charge in [0.1, 0.15) is 12.4 Å². The minimum atomic E-state index is 0. The standard InChI is InChI=1S/C18H35N7OS.HI/c1-15-22-23-16(24(15)5)14-21-17(20-7-13-27-18(2,3)4)19-6-8-25-9-11-26-12-10-25;/h6-14H2,1-5H3,(H2,19,20,21);1H. The van der Waals surface area contributed by atoms with Gasteiger partial charge in [-0.1, -0.05) is 20.8 Å². The molecule has 1 aliphatic heterocycles.